The van der Waals surface area contributed by atoms with Gasteiger partial charge in [0.05, 0.1) is 25.0 Å². The van der Waals surface area contributed by atoms with Gasteiger partial charge in [-0.15, -0.1) is 6.42 Å². The van der Waals surface area contributed by atoms with E-state index in [4.69, 9.17) is 24.9 Å². The molecule has 0 aromatic carbocycles. The fraction of sp³-hybridized carbons (Fsp3) is 0.676. The third-order valence-corrected chi connectivity index (χ3v) is 10.1. The highest BCUT2D eigenvalue weighted by Crippen LogP contribution is 2.49. The van der Waals surface area contributed by atoms with Crippen molar-refractivity contribution < 1.29 is 72.3 Å². The molecular formula is C37H52O15P2. The summed E-state index contributed by atoms with van der Waals surface area (Å²) >= 11 is 0. The Balaban J connectivity index is 2.79. The Labute approximate surface area is 317 Å². The molecule has 0 saturated heterocycles. The van der Waals surface area contributed by atoms with E-state index < -0.39 is 89.3 Å². The van der Waals surface area contributed by atoms with E-state index in [0.717, 1.165) is 32.1 Å². The molecule has 1 fully saturated rings. The molecule has 0 amide bonds. The molecule has 0 heterocycles. The highest BCUT2D eigenvalue weighted by atomic mass is 31.2. The minimum atomic E-state index is -5.31. The fourth-order valence-corrected chi connectivity index (χ4v) is 7.36. The highest BCUT2D eigenvalue weighted by Gasteiger charge is 2.53. The van der Waals surface area contributed by atoms with Crippen LogP contribution in [0.15, 0.2) is 0 Å². The summed E-state index contributed by atoms with van der Waals surface area (Å²) in [5.41, 5.74) is 0. The van der Waals surface area contributed by atoms with Crippen LogP contribution in [0, 0.1) is 65.6 Å². The molecule has 0 radical (unpaired) electrons. The zero-order valence-corrected chi connectivity index (χ0v) is 32.2. The molecule has 4 unspecified atom stereocenters. The molecule has 0 aromatic rings. The van der Waals surface area contributed by atoms with Crippen LogP contribution in [0.2, 0.25) is 0 Å². The molecule has 0 bridgehead atoms. The normalized spacial score (nSPS) is 22.1. The van der Waals surface area contributed by atoms with Crippen LogP contribution in [0.1, 0.15) is 96.8 Å². The van der Waals surface area contributed by atoms with Gasteiger partial charge in [-0.3, -0.25) is 18.4 Å². The number of hydrogen-bond acceptors (Lipinski definition) is 12. The van der Waals surface area contributed by atoms with Crippen LogP contribution >= 0.6 is 15.4 Å². The quantitative estimate of drug-likeness (QED) is 0.0244. The van der Waals surface area contributed by atoms with E-state index in [2.05, 4.69) is 60.2 Å². The van der Waals surface area contributed by atoms with Crippen LogP contribution < -0.4 is 0 Å². The molecule has 1 saturated carbocycles. The van der Waals surface area contributed by atoms with E-state index in [9.17, 15) is 53.8 Å². The summed E-state index contributed by atoms with van der Waals surface area (Å²) in [4.78, 5) is 53.8. The fourth-order valence-electron chi connectivity index (χ4n) is 5.40. The number of aliphatic hydroxyl groups excluding tert-OH is 4. The first-order valence-electron chi connectivity index (χ1n) is 17.9. The van der Waals surface area contributed by atoms with E-state index in [0.29, 0.717) is 6.42 Å². The van der Waals surface area contributed by atoms with E-state index in [-0.39, 0.29) is 6.42 Å². The SMILES string of the molecule is C#CC#CC#CC#CC#CC(=O)OC[C@@H](COP(=O)(O)OC1C(O)[C@H](CP(=O)(O)O)[C@@H](O)C(O)[C@@H]1O)OC(=O)CCCCCCCCCCCCCCC. The first-order valence-corrected chi connectivity index (χ1v) is 21.2. The van der Waals surface area contributed by atoms with Gasteiger partial charge in [0.25, 0.3) is 0 Å². The molecular weight excluding hydrogens is 746 g/mol. The summed E-state index contributed by atoms with van der Waals surface area (Å²) in [5.74, 6) is 16.5. The van der Waals surface area contributed by atoms with Crippen LogP contribution in [0.25, 0.3) is 0 Å². The Hall–Kier alpha value is -3.16. The number of phosphoric acid groups is 1. The smallest absolute Gasteiger partial charge is 0.456 e. The van der Waals surface area contributed by atoms with Gasteiger partial charge in [-0.25, -0.2) is 9.36 Å². The first kappa shape index (κ1) is 48.9. The van der Waals surface area contributed by atoms with Crippen molar-refractivity contribution in [3.63, 3.8) is 0 Å². The minimum absolute atomic E-state index is 0.0146. The predicted molar refractivity (Wildman–Crippen MR) is 196 cm³/mol. The maximum atomic E-state index is 12.9. The number of carbonyl (C=O) groups is 2. The largest absolute Gasteiger partial charge is 0.472 e. The van der Waals surface area contributed by atoms with Gasteiger partial charge in [-0.1, -0.05) is 84.0 Å². The van der Waals surface area contributed by atoms with Crippen molar-refractivity contribution in [1.29, 1.82) is 0 Å². The number of unbranched alkanes of at least 4 members (excludes halogenated alkanes) is 12. The maximum absolute atomic E-state index is 12.9. The van der Waals surface area contributed by atoms with Crippen molar-refractivity contribution in [1.82, 2.24) is 0 Å². The summed E-state index contributed by atoms with van der Waals surface area (Å²) in [6.45, 7) is 0.586. The van der Waals surface area contributed by atoms with E-state index in [1.807, 2.05) is 0 Å². The molecule has 300 valence electrons. The van der Waals surface area contributed by atoms with Crippen molar-refractivity contribution in [2.45, 2.75) is 133 Å². The molecule has 0 aliphatic heterocycles. The Morgan fingerprint density at radius 3 is 1.74 bits per heavy atom. The molecule has 54 heavy (non-hydrogen) atoms. The zero-order chi connectivity index (χ0) is 40.4. The molecule has 8 atom stereocenters. The number of phosphoric ester groups is 1. The van der Waals surface area contributed by atoms with Gasteiger partial charge in [0.1, 0.15) is 24.9 Å². The number of ether oxygens (including phenoxy) is 2. The second-order valence-electron chi connectivity index (χ2n) is 12.7. The molecule has 0 aromatic heterocycles. The van der Waals surface area contributed by atoms with Crippen LogP contribution in [0.5, 0.6) is 0 Å². The predicted octanol–water partition coefficient (Wildman–Crippen LogP) is 2.32. The molecule has 1 aliphatic rings. The lowest BCUT2D eigenvalue weighted by molar-refractivity contribution is -0.197. The van der Waals surface area contributed by atoms with Gasteiger partial charge in [0.2, 0.25) is 0 Å². The average molecular weight is 799 g/mol. The van der Waals surface area contributed by atoms with Gasteiger partial charge < -0.3 is 44.6 Å². The third kappa shape index (κ3) is 22.3. The lowest BCUT2D eigenvalue weighted by Crippen LogP contribution is -2.62. The van der Waals surface area contributed by atoms with Gasteiger partial charge >= 0.3 is 27.4 Å². The Kier molecular flexibility index (Phi) is 24.8. The van der Waals surface area contributed by atoms with Gasteiger partial charge in [0, 0.05) is 18.3 Å². The van der Waals surface area contributed by atoms with E-state index in [1.54, 1.807) is 0 Å². The van der Waals surface area contributed by atoms with E-state index in [1.165, 1.54) is 44.9 Å². The highest BCUT2D eigenvalue weighted by molar-refractivity contribution is 7.51. The van der Waals surface area contributed by atoms with Crippen LogP contribution in [-0.4, -0.2) is 103 Å². The topological polar surface area (TPSA) is 247 Å². The maximum Gasteiger partial charge on any atom is 0.472 e. The van der Waals surface area contributed by atoms with Gasteiger partial charge in [-0.2, -0.15) is 0 Å². The number of terminal acetylenes is 1. The van der Waals surface area contributed by atoms with E-state index >= 15 is 0 Å². The number of esters is 2. The molecule has 1 aliphatic carbocycles. The summed E-state index contributed by atoms with van der Waals surface area (Å²) in [5, 5.41) is 41.2. The van der Waals surface area contributed by atoms with Crippen LogP contribution in [0.3, 0.4) is 0 Å². The molecule has 17 heteroatoms. The molecule has 0 spiro atoms. The summed E-state index contributed by atoms with van der Waals surface area (Å²) < 4.78 is 44.4. The summed E-state index contributed by atoms with van der Waals surface area (Å²) in [6, 6.07) is 0. The van der Waals surface area contributed by atoms with Gasteiger partial charge in [-0.05, 0) is 53.8 Å². The van der Waals surface area contributed by atoms with Crippen molar-refractivity contribution >= 4 is 27.4 Å². The number of rotatable bonds is 24. The second-order valence-corrected chi connectivity index (χ2v) is 15.8. The summed E-state index contributed by atoms with van der Waals surface area (Å²) in [7, 11) is -10.2. The standard InChI is InChI=1S/C37H52O15P2/c1-3-5-7-9-11-13-14-15-16-17-19-21-23-25-32(39)51-29(26-49-31(38)24-22-20-18-12-10-8-6-4-2)27-50-54(47,48)52-37-34(41)30(28-53(44,45)46)33(40)35(42)36(37)43/h2,29-30,33-37,40-43H,3,5,7,9,11,13-17,19,21,23,25-28H2,1H3,(H,47,48)(H2,44,45,46)/t29-,30+,33+,34?,35?,36-,37?/m0/s1. The number of hydrogen-bond donors (Lipinski definition) is 7. The Bertz CT molecular complexity index is 1560. The van der Waals surface area contributed by atoms with Crippen LogP contribution in [-0.2, 0) is 37.2 Å². The minimum Gasteiger partial charge on any atom is -0.456 e. The first-order chi connectivity index (χ1) is 25.6. The number of carbonyl (C=O) groups excluding carboxylic acids is 2. The molecule has 1 rings (SSSR count). The van der Waals surface area contributed by atoms with Crippen molar-refractivity contribution in [3.05, 3.63) is 0 Å². The average Bonchev–Trinajstić information content (AvgIpc) is 3.11. The Morgan fingerprint density at radius 1 is 0.685 bits per heavy atom. The molecule has 7 N–H and O–H groups in total. The van der Waals surface area contributed by atoms with Crippen molar-refractivity contribution in [2.24, 2.45) is 5.92 Å². The second kappa shape index (κ2) is 27.4. The third-order valence-electron chi connectivity index (χ3n) is 8.17. The van der Waals surface area contributed by atoms with Crippen LogP contribution in [0.4, 0.5) is 0 Å². The van der Waals surface area contributed by atoms with Crippen molar-refractivity contribution in [2.75, 3.05) is 19.4 Å². The zero-order valence-electron chi connectivity index (χ0n) is 30.4. The molecule has 15 nitrogen and oxygen atoms in total. The van der Waals surface area contributed by atoms with Crippen molar-refractivity contribution in [3.8, 4) is 59.7 Å². The lowest BCUT2D eigenvalue weighted by Gasteiger charge is -2.43. The number of aliphatic hydroxyl groups is 4. The van der Waals surface area contributed by atoms with Gasteiger partial charge in [0.15, 0.2) is 6.10 Å². The lowest BCUT2D eigenvalue weighted by atomic mass is 9.79. The monoisotopic (exact) mass is 798 g/mol. The Morgan fingerprint density at radius 2 is 1.20 bits per heavy atom. The summed E-state index contributed by atoms with van der Waals surface area (Å²) in [6.07, 6.45) is 5.96.